The summed E-state index contributed by atoms with van der Waals surface area (Å²) in [4.78, 5) is 0. The SMILES string of the molecule is COc1cc2c(cc1OC)-c1[nH]nc(NCc3ccc(Cl)cc3)c1C2. The Morgan fingerprint density at radius 1 is 1.12 bits per heavy atom. The third-order valence-corrected chi connectivity index (χ3v) is 4.74. The van der Waals surface area contributed by atoms with E-state index in [4.69, 9.17) is 21.1 Å². The van der Waals surface area contributed by atoms with Crippen LogP contribution in [-0.2, 0) is 13.0 Å². The van der Waals surface area contributed by atoms with E-state index in [9.17, 15) is 0 Å². The van der Waals surface area contributed by atoms with Crippen molar-refractivity contribution in [2.24, 2.45) is 0 Å². The average Bonchev–Trinajstić information content (AvgIpc) is 3.19. The number of halogens is 1. The van der Waals surface area contributed by atoms with Crippen molar-refractivity contribution in [3.8, 4) is 22.8 Å². The molecule has 0 bridgehead atoms. The molecule has 2 aromatic carbocycles. The Hall–Kier alpha value is -2.66. The van der Waals surface area contributed by atoms with Crippen LogP contribution in [0.5, 0.6) is 11.5 Å². The van der Waals surface area contributed by atoms with Crippen LogP contribution in [0.15, 0.2) is 36.4 Å². The predicted molar refractivity (Wildman–Crippen MR) is 98.7 cm³/mol. The largest absolute Gasteiger partial charge is 0.493 e. The Morgan fingerprint density at radius 2 is 1.84 bits per heavy atom. The van der Waals surface area contributed by atoms with Crippen LogP contribution in [0.1, 0.15) is 16.7 Å². The summed E-state index contributed by atoms with van der Waals surface area (Å²) in [6.45, 7) is 0.692. The van der Waals surface area contributed by atoms with E-state index in [1.807, 2.05) is 36.4 Å². The van der Waals surface area contributed by atoms with E-state index in [-0.39, 0.29) is 0 Å². The summed E-state index contributed by atoms with van der Waals surface area (Å²) in [5.41, 5.74) is 5.67. The summed E-state index contributed by atoms with van der Waals surface area (Å²) in [5.74, 6) is 2.34. The number of aromatic nitrogens is 2. The molecule has 0 saturated carbocycles. The summed E-state index contributed by atoms with van der Waals surface area (Å²) >= 11 is 5.93. The molecule has 3 aromatic rings. The molecule has 1 heterocycles. The number of nitrogens with one attached hydrogen (secondary N) is 2. The minimum Gasteiger partial charge on any atom is -0.493 e. The maximum atomic E-state index is 5.93. The van der Waals surface area contributed by atoms with Crippen LogP contribution in [0.2, 0.25) is 5.02 Å². The maximum absolute atomic E-state index is 5.93. The zero-order valence-corrected chi connectivity index (χ0v) is 14.8. The zero-order chi connectivity index (χ0) is 17.4. The van der Waals surface area contributed by atoms with Crippen molar-refractivity contribution in [3.05, 3.63) is 58.1 Å². The van der Waals surface area contributed by atoms with E-state index in [0.717, 1.165) is 45.6 Å². The molecule has 4 rings (SSSR count). The summed E-state index contributed by atoms with van der Waals surface area (Å²) in [7, 11) is 3.30. The second-order valence-corrected chi connectivity index (χ2v) is 6.38. The first kappa shape index (κ1) is 15.8. The fourth-order valence-corrected chi connectivity index (χ4v) is 3.31. The van der Waals surface area contributed by atoms with Crippen molar-refractivity contribution < 1.29 is 9.47 Å². The Morgan fingerprint density at radius 3 is 2.56 bits per heavy atom. The molecule has 0 aliphatic heterocycles. The first-order valence-corrected chi connectivity index (χ1v) is 8.38. The predicted octanol–water partition coefficient (Wildman–Crippen LogP) is 4.26. The lowest BCUT2D eigenvalue weighted by Crippen LogP contribution is -2.01. The Labute approximate surface area is 150 Å². The van der Waals surface area contributed by atoms with Gasteiger partial charge in [0.15, 0.2) is 17.3 Å². The van der Waals surface area contributed by atoms with Gasteiger partial charge in [-0.05, 0) is 35.4 Å². The van der Waals surface area contributed by atoms with Gasteiger partial charge in [0, 0.05) is 29.1 Å². The fourth-order valence-electron chi connectivity index (χ4n) is 3.18. The lowest BCUT2D eigenvalue weighted by molar-refractivity contribution is 0.355. The molecule has 0 unspecified atom stereocenters. The molecular formula is C19H18ClN3O2. The minimum atomic E-state index is 0.692. The number of methoxy groups -OCH3 is 2. The zero-order valence-electron chi connectivity index (χ0n) is 14.0. The van der Waals surface area contributed by atoms with Crippen LogP contribution in [0.4, 0.5) is 5.82 Å². The number of nitrogens with zero attached hydrogens (tertiary/aromatic N) is 1. The second kappa shape index (κ2) is 6.33. The highest BCUT2D eigenvalue weighted by Gasteiger charge is 2.26. The third-order valence-electron chi connectivity index (χ3n) is 4.49. The van der Waals surface area contributed by atoms with Gasteiger partial charge in [-0.1, -0.05) is 23.7 Å². The summed E-state index contributed by atoms with van der Waals surface area (Å²) < 4.78 is 10.8. The van der Waals surface area contributed by atoms with E-state index in [0.29, 0.717) is 6.54 Å². The van der Waals surface area contributed by atoms with Gasteiger partial charge in [0.2, 0.25) is 0 Å². The first-order chi connectivity index (χ1) is 12.2. The quantitative estimate of drug-likeness (QED) is 0.561. The molecule has 1 aromatic heterocycles. The summed E-state index contributed by atoms with van der Waals surface area (Å²) in [6.07, 6.45) is 0.810. The second-order valence-electron chi connectivity index (χ2n) is 5.95. The van der Waals surface area contributed by atoms with Gasteiger partial charge < -0.3 is 14.8 Å². The minimum absolute atomic E-state index is 0.692. The molecule has 1 aliphatic rings. The topological polar surface area (TPSA) is 59.2 Å². The summed E-state index contributed by atoms with van der Waals surface area (Å²) in [5, 5.41) is 11.7. The van der Waals surface area contributed by atoms with Gasteiger partial charge in [-0.3, -0.25) is 5.10 Å². The Kier molecular flexibility index (Phi) is 4.01. The van der Waals surface area contributed by atoms with E-state index in [1.165, 1.54) is 11.1 Å². The lowest BCUT2D eigenvalue weighted by atomic mass is 10.1. The van der Waals surface area contributed by atoms with Gasteiger partial charge in [0.05, 0.1) is 19.9 Å². The standard InChI is InChI=1S/C19H18ClN3O2/c1-24-16-8-12-7-15-18(14(12)9-17(16)25-2)22-23-19(15)21-10-11-3-5-13(20)6-4-11/h3-6,8-9H,7,10H2,1-2H3,(H2,21,22,23). The van der Waals surface area contributed by atoms with Crippen LogP contribution >= 0.6 is 11.6 Å². The molecule has 25 heavy (non-hydrogen) atoms. The molecule has 128 valence electrons. The number of H-pyrrole nitrogens is 1. The fraction of sp³-hybridized carbons (Fsp3) is 0.211. The highest BCUT2D eigenvalue weighted by atomic mass is 35.5. The smallest absolute Gasteiger partial charge is 0.161 e. The molecule has 1 aliphatic carbocycles. The van der Waals surface area contributed by atoms with Crippen molar-refractivity contribution >= 4 is 17.4 Å². The monoisotopic (exact) mass is 355 g/mol. The van der Waals surface area contributed by atoms with E-state index < -0.39 is 0 Å². The maximum Gasteiger partial charge on any atom is 0.161 e. The highest BCUT2D eigenvalue weighted by Crippen LogP contribution is 2.43. The Bertz CT molecular complexity index is 919. The number of anilines is 1. The van der Waals surface area contributed by atoms with Crippen molar-refractivity contribution in [1.82, 2.24) is 10.2 Å². The number of hydrogen-bond acceptors (Lipinski definition) is 4. The molecule has 0 fully saturated rings. The molecule has 0 radical (unpaired) electrons. The number of ether oxygens (including phenoxy) is 2. The van der Waals surface area contributed by atoms with Crippen LogP contribution in [-0.4, -0.2) is 24.4 Å². The van der Waals surface area contributed by atoms with Crippen molar-refractivity contribution in [1.29, 1.82) is 0 Å². The van der Waals surface area contributed by atoms with Crippen LogP contribution in [0.3, 0.4) is 0 Å². The molecule has 0 spiro atoms. The third kappa shape index (κ3) is 2.81. The molecule has 0 amide bonds. The van der Waals surface area contributed by atoms with Crippen molar-refractivity contribution in [2.75, 3.05) is 19.5 Å². The van der Waals surface area contributed by atoms with Crippen molar-refractivity contribution in [3.63, 3.8) is 0 Å². The van der Waals surface area contributed by atoms with Crippen LogP contribution in [0, 0.1) is 0 Å². The lowest BCUT2D eigenvalue weighted by Gasteiger charge is -2.10. The number of benzene rings is 2. The molecular weight excluding hydrogens is 338 g/mol. The molecule has 0 atom stereocenters. The van der Waals surface area contributed by atoms with Crippen molar-refractivity contribution in [2.45, 2.75) is 13.0 Å². The number of aromatic amines is 1. The van der Waals surface area contributed by atoms with Crippen LogP contribution in [0.25, 0.3) is 11.3 Å². The normalized spacial score (nSPS) is 11.8. The Balaban J connectivity index is 1.59. The van der Waals surface area contributed by atoms with E-state index in [1.54, 1.807) is 14.2 Å². The highest BCUT2D eigenvalue weighted by molar-refractivity contribution is 6.30. The van der Waals surface area contributed by atoms with Gasteiger partial charge in [-0.2, -0.15) is 5.10 Å². The average molecular weight is 356 g/mol. The number of fused-ring (bicyclic) bond motifs is 3. The molecule has 0 saturated heterocycles. The summed E-state index contributed by atoms with van der Waals surface area (Å²) in [6, 6.07) is 11.8. The van der Waals surface area contributed by atoms with Gasteiger partial charge >= 0.3 is 0 Å². The van der Waals surface area contributed by atoms with E-state index >= 15 is 0 Å². The first-order valence-electron chi connectivity index (χ1n) is 8.00. The van der Waals surface area contributed by atoms with Gasteiger partial charge in [0.25, 0.3) is 0 Å². The molecule has 5 nitrogen and oxygen atoms in total. The van der Waals surface area contributed by atoms with Gasteiger partial charge in [-0.15, -0.1) is 0 Å². The molecule has 6 heteroatoms. The van der Waals surface area contributed by atoms with E-state index in [2.05, 4.69) is 15.5 Å². The number of hydrogen-bond donors (Lipinski definition) is 2. The number of rotatable bonds is 5. The van der Waals surface area contributed by atoms with Crippen LogP contribution < -0.4 is 14.8 Å². The van der Waals surface area contributed by atoms with Gasteiger partial charge in [-0.25, -0.2) is 0 Å². The van der Waals surface area contributed by atoms with Gasteiger partial charge in [0.1, 0.15) is 0 Å². The molecule has 2 N–H and O–H groups in total.